The number of thioether (sulfide) groups is 1. The van der Waals surface area contributed by atoms with Crippen molar-refractivity contribution in [2.75, 3.05) is 18.4 Å². The largest absolute Gasteiger partial charge is 0.325 e. The van der Waals surface area contributed by atoms with Crippen molar-refractivity contribution in [2.24, 2.45) is 0 Å². The smallest absolute Gasteiger partial charge is 0.243 e. The average molecular weight is 484 g/mol. The van der Waals surface area contributed by atoms with Gasteiger partial charge in [0.2, 0.25) is 15.9 Å². The highest BCUT2D eigenvalue weighted by Crippen LogP contribution is 2.29. The summed E-state index contributed by atoms with van der Waals surface area (Å²) in [5, 5.41) is 4.45. The Morgan fingerprint density at radius 1 is 1.03 bits per heavy atom. The number of para-hydroxylation sites is 1. The van der Waals surface area contributed by atoms with Crippen LogP contribution in [-0.2, 0) is 14.8 Å². The van der Waals surface area contributed by atoms with E-state index in [4.69, 9.17) is 4.98 Å². The maximum Gasteiger partial charge on any atom is 0.243 e. The quantitative estimate of drug-likeness (QED) is 0.491. The van der Waals surface area contributed by atoms with E-state index >= 15 is 0 Å². The Balaban J connectivity index is 1.43. The predicted molar refractivity (Wildman–Crippen MR) is 134 cm³/mol. The molecule has 1 aromatic heterocycles. The number of nitrogens with zero attached hydrogens (tertiary/aromatic N) is 2. The molecule has 1 N–H and O–H groups in total. The first-order valence-electron chi connectivity index (χ1n) is 11.2. The molecule has 1 amide bonds. The Labute approximate surface area is 199 Å². The molecule has 1 atom stereocenters. The SMILES string of the molecule is Cc1cc(SC(C)C(=O)Nc2ccc(S(=O)(=O)N3CCCCC3)cc2)nc2c(C)cccc12. The number of hydrogen-bond donors (Lipinski definition) is 1. The molecule has 33 heavy (non-hydrogen) atoms. The number of nitrogens with one attached hydrogen (secondary N) is 1. The van der Waals surface area contributed by atoms with Gasteiger partial charge in [0.05, 0.1) is 20.7 Å². The minimum absolute atomic E-state index is 0.157. The molecule has 1 aliphatic heterocycles. The van der Waals surface area contributed by atoms with E-state index in [1.54, 1.807) is 28.6 Å². The summed E-state index contributed by atoms with van der Waals surface area (Å²) in [5.41, 5.74) is 3.76. The molecule has 2 heterocycles. The van der Waals surface area contributed by atoms with E-state index in [0.717, 1.165) is 46.3 Å². The fourth-order valence-electron chi connectivity index (χ4n) is 4.03. The molecule has 0 spiro atoms. The summed E-state index contributed by atoms with van der Waals surface area (Å²) in [6.45, 7) is 7.06. The molecule has 1 aliphatic rings. The third kappa shape index (κ3) is 5.23. The highest BCUT2D eigenvalue weighted by atomic mass is 32.2. The van der Waals surface area contributed by atoms with E-state index in [2.05, 4.69) is 18.3 Å². The summed E-state index contributed by atoms with van der Waals surface area (Å²) in [7, 11) is -3.48. The van der Waals surface area contributed by atoms with Crippen LogP contribution in [-0.4, -0.2) is 42.0 Å². The first-order valence-corrected chi connectivity index (χ1v) is 13.5. The van der Waals surface area contributed by atoms with Gasteiger partial charge >= 0.3 is 0 Å². The second-order valence-electron chi connectivity index (χ2n) is 8.49. The van der Waals surface area contributed by atoms with Crippen LogP contribution in [0, 0.1) is 13.8 Å². The van der Waals surface area contributed by atoms with Crippen molar-refractivity contribution in [1.29, 1.82) is 0 Å². The van der Waals surface area contributed by atoms with Gasteiger partial charge in [0.1, 0.15) is 0 Å². The van der Waals surface area contributed by atoms with Crippen LogP contribution in [0.15, 0.2) is 58.5 Å². The second kappa shape index (κ2) is 9.83. The average Bonchev–Trinajstić information content (AvgIpc) is 2.81. The van der Waals surface area contributed by atoms with Gasteiger partial charge in [-0.05, 0) is 75.1 Å². The minimum atomic E-state index is -3.48. The van der Waals surface area contributed by atoms with Crippen LogP contribution in [0.4, 0.5) is 5.69 Å². The second-order valence-corrected chi connectivity index (χ2v) is 11.8. The molecule has 1 saturated heterocycles. The highest BCUT2D eigenvalue weighted by molar-refractivity contribution is 8.00. The number of piperidine rings is 1. The van der Waals surface area contributed by atoms with E-state index in [1.807, 2.05) is 32.0 Å². The third-order valence-corrected chi connectivity index (χ3v) is 8.90. The number of pyridine rings is 1. The van der Waals surface area contributed by atoms with Crippen molar-refractivity contribution in [1.82, 2.24) is 9.29 Å². The molecule has 8 heteroatoms. The number of carbonyl (C=O) groups excluding carboxylic acids is 1. The number of hydrogen-bond acceptors (Lipinski definition) is 5. The van der Waals surface area contributed by atoms with Crippen molar-refractivity contribution in [2.45, 2.75) is 55.2 Å². The number of carbonyl (C=O) groups is 1. The lowest BCUT2D eigenvalue weighted by molar-refractivity contribution is -0.115. The minimum Gasteiger partial charge on any atom is -0.325 e. The van der Waals surface area contributed by atoms with Crippen LogP contribution in [0.25, 0.3) is 10.9 Å². The summed E-state index contributed by atoms with van der Waals surface area (Å²) in [6.07, 6.45) is 2.86. The number of sulfonamides is 1. The van der Waals surface area contributed by atoms with Crippen LogP contribution in [0.1, 0.15) is 37.3 Å². The first-order chi connectivity index (χ1) is 15.8. The van der Waals surface area contributed by atoms with Crippen LogP contribution < -0.4 is 5.32 Å². The van der Waals surface area contributed by atoms with Gasteiger partial charge in [-0.1, -0.05) is 36.4 Å². The molecular formula is C25H29N3O3S2. The fraction of sp³-hybridized carbons (Fsp3) is 0.360. The maximum atomic E-state index is 12.8. The van der Waals surface area contributed by atoms with E-state index < -0.39 is 10.0 Å². The Hall–Kier alpha value is -2.42. The lowest BCUT2D eigenvalue weighted by atomic mass is 10.1. The number of amides is 1. The van der Waals surface area contributed by atoms with E-state index in [0.29, 0.717) is 18.8 Å². The van der Waals surface area contributed by atoms with Gasteiger partial charge < -0.3 is 5.32 Å². The lowest BCUT2D eigenvalue weighted by Gasteiger charge is -2.25. The molecule has 6 nitrogen and oxygen atoms in total. The van der Waals surface area contributed by atoms with Crippen molar-refractivity contribution in [3.8, 4) is 0 Å². The number of aromatic nitrogens is 1. The van der Waals surface area contributed by atoms with Crippen LogP contribution in [0.5, 0.6) is 0 Å². The van der Waals surface area contributed by atoms with Crippen molar-refractivity contribution >= 4 is 44.3 Å². The molecule has 0 bridgehead atoms. The summed E-state index contributed by atoms with van der Waals surface area (Å²) in [4.78, 5) is 17.8. The van der Waals surface area contributed by atoms with Gasteiger partial charge in [-0.15, -0.1) is 0 Å². The van der Waals surface area contributed by atoms with E-state index in [1.165, 1.54) is 11.8 Å². The summed E-state index contributed by atoms with van der Waals surface area (Å²) >= 11 is 1.41. The molecule has 0 aliphatic carbocycles. The van der Waals surface area contributed by atoms with Gasteiger partial charge in [0.25, 0.3) is 0 Å². The Morgan fingerprint density at radius 2 is 1.73 bits per heavy atom. The van der Waals surface area contributed by atoms with Crippen molar-refractivity contribution in [3.05, 3.63) is 59.7 Å². The monoisotopic (exact) mass is 483 g/mol. The van der Waals surface area contributed by atoms with Gasteiger partial charge in [0, 0.05) is 24.2 Å². The summed E-state index contributed by atoms with van der Waals surface area (Å²) in [6, 6.07) is 14.6. The molecule has 1 unspecified atom stereocenters. The Kier molecular flexibility index (Phi) is 7.07. The number of fused-ring (bicyclic) bond motifs is 1. The van der Waals surface area contributed by atoms with Gasteiger partial charge in [-0.25, -0.2) is 13.4 Å². The van der Waals surface area contributed by atoms with Crippen molar-refractivity contribution in [3.63, 3.8) is 0 Å². The standard InChI is InChI=1S/C25H29N3O3S2/c1-17-8-7-9-22-18(2)16-23(27-24(17)22)32-19(3)25(29)26-20-10-12-21(13-11-20)33(30,31)28-14-5-4-6-15-28/h7-13,16,19H,4-6,14-15H2,1-3H3,(H,26,29). The predicted octanol–water partition coefficient (Wildman–Crippen LogP) is 5.15. The highest BCUT2D eigenvalue weighted by Gasteiger charge is 2.26. The molecule has 1 fully saturated rings. The zero-order valence-electron chi connectivity index (χ0n) is 19.2. The maximum absolute atomic E-state index is 12.8. The number of benzene rings is 2. The Morgan fingerprint density at radius 3 is 2.42 bits per heavy atom. The summed E-state index contributed by atoms with van der Waals surface area (Å²) in [5.74, 6) is -0.157. The van der Waals surface area contributed by atoms with E-state index in [9.17, 15) is 13.2 Å². The lowest BCUT2D eigenvalue weighted by Crippen LogP contribution is -2.35. The molecule has 0 radical (unpaired) electrons. The molecular weight excluding hydrogens is 454 g/mol. The van der Waals surface area contributed by atoms with Crippen LogP contribution in [0.2, 0.25) is 0 Å². The number of anilines is 1. The first kappa shape index (κ1) is 23.7. The Bertz CT molecular complexity index is 1270. The molecule has 174 valence electrons. The van der Waals surface area contributed by atoms with E-state index in [-0.39, 0.29) is 16.1 Å². The van der Waals surface area contributed by atoms with Crippen molar-refractivity contribution < 1.29 is 13.2 Å². The molecule has 3 aromatic rings. The molecule has 4 rings (SSSR count). The molecule has 0 saturated carbocycles. The zero-order chi connectivity index (χ0) is 23.6. The van der Waals surface area contributed by atoms with Gasteiger partial charge in [0.15, 0.2) is 0 Å². The topological polar surface area (TPSA) is 79.4 Å². The van der Waals surface area contributed by atoms with Crippen LogP contribution in [0.3, 0.4) is 0 Å². The summed E-state index contributed by atoms with van der Waals surface area (Å²) < 4.78 is 27.2. The zero-order valence-corrected chi connectivity index (χ0v) is 20.8. The fourth-order valence-corrected chi connectivity index (χ4v) is 6.47. The third-order valence-electron chi connectivity index (χ3n) is 5.97. The van der Waals surface area contributed by atoms with Gasteiger partial charge in [-0.3, -0.25) is 4.79 Å². The van der Waals surface area contributed by atoms with Gasteiger partial charge in [-0.2, -0.15) is 4.31 Å². The molecule has 2 aromatic carbocycles. The number of rotatable bonds is 6. The number of aryl methyl sites for hydroxylation is 2. The normalized spacial score (nSPS) is 16.0. The van der Waals surface area contributed by atoms with Crippen LogP contribution >= 0.6 is 11.8 Å².